The number of esters is 2. The molecule has 3 atom stereocenters. The molecule has 420 valence electrons. The van der Waals surface area contributed by atoms with Crippen molar-refractivity contribution in [3.05, 3.63) is 88.0 Å². The maximum absolute atomic E-state index is 12.4. The summed E-state index contributed by atoms with van der Waals surface area (Å²) in [7, 11) is -0.647. The number of benzene rings is 3. The maximum atomic E-state index is 12.4. The molecule has 74 heavy (non-hydrogen) atoms. The molecule has 3 aliphatic rings. The van der Waals surface area contributed by atoms with E-state index in [1.165, 1.54) is 33.9 Å². The predicted octanol–water partition coefficient (Wildman–Crippen LogP) is -0.291. The molecule has 0 amide bonds. The number of hydrogen-bond acceptors (Lipinski definition) is 17. The summed E-state index contributed by atoms with van der Waals surface area (Å²) in [6.07, 6.45) is 4.13. The molecule has 0 spiro atoms. The van der Waals surface area contributed by atoms with E-state index in [1.54, 1.807) is 18.5 Å². The van der Waals surface area contributed by atoms with Crippen LogP contribution < -0.4 is 50.5 Å². The molecule has 0 fully saturated rings. The Labute approximate surface area is 463 Å². The number of fused-ring (bicyclic) bond motifs is 3. The normalized spacial score (nSPS) is 16.2. The second kappa shape index (κ2) is 37.0. The second-order valence-electron chi connectivity index (χ2n) is 16.6. The average Bonchev–Trinajstić information content (AvgIpc) is 3.32. The fourth-order valence-electron chi connectivity index (χ4n) is 6.10. The van der Waals surface area contributed by atoms with Crippen molar-refractivity contribution in [3.63, 3.8) is 0 Å². The van der Waals surface area contributed by atoms with Gasteiger partial charge in [-0.15, -0.1) is 0 Å². The van der Waals surface area contributed by atoms with Crippen molar-refractivity contribution in [2.75, 3.05) is 46.9 Å². The number of aliphatic imine (C=N–C) groups is 2. The molecule has 3 unspecified atom stereocenters. The van der Waals surface area contributed by atoms with Gasteiger partial charge < -0.3 is 79.1 Å². The Balaban J connectivity index is -0.000000505. The van der Waals surface area contributed by atoms with E-state index in [2.05, 4.69) is 56.2 Å². The van der Waals surface area contributed by atoms with Crippen LogP contribution in [0.15, 0.2) is 64.6 Å². The van der Waals surface area contributed by atoms with Crippen LogP contribution in [0.3, 0.4) is 0 Å². The molecule has 3 aliphatic heterocycles. The minimum absolute atomic E-state index is 0. The first kappa shape index (κ1) is 76.7. The molecule has 0 aromatic heterocycles. The number of halogens is 2. The van der Waals surface area contributed by atoms with Gasteiger partial charge in [0.25, 0.3) is 0 Å². The smallest absolute Gasteiger partial charge is 1.00 e. The van der Waals surface area contributed by atoms with Gasteiger partial charge in [0.1, 0.15) is 23.8 Å². The molecule has 0 aliphatic carbocycles. The average molecular weight is 1120 g/mol. The number of quaternary nitrogens is 2. The van der Waals surface area contributed by atoms with Crippen molar-refractivity contribution in [2.24, 2.45) is 9.98 Å². The molecule has 8 N–H and O–H groups in total. The summed E-state index contributed by atoms with van der Waals surface area (Å²) in [5.74, 6) is -0.772. The summed E-state index contributed by atoms with van der Waals surface area (Å²) in [6.45, 7) is 23.2. The van der Waals surface area contributed by atoms with Crippen LogP contribution in [0.4, 0.5) is 0 Å². The third-order valence-electron chi connectivity index (χ3n) is 9.99. The third-order valence-corrected chi connectivity index (χ3v) is 10.5. The van der Waals surface area contributed by atoms with Gasteiger partial charge in [0.2, 0.25) is 23.4 Å². The molecule has 3 aromatic rings. The summed E-state index contributed by atoms with van der Waals surface area (Å²) in [5.41, 5.74) is 11.9. The number of aldehydes is 1. The van der Waals surface area contributed by atoms with Crippen molar-refractivity contribution in [3.8, 4) is 17.2 Å². The van der Waals surface area contributed by atoms with Crippen molar-refractivity contribution in [2.45, 2.75) is 134 Å². The topological polar surface area (TPSA) is 275 Å². The molecule has 3 heterocycles. The Bertz CT molecular complexity index is 2300. The Morgan fingerprint density at radius 3 is 1.38 bits per heavy atom. The minimum Gasteiger partial charge on any atom is -1.00 e. The number of para-hydroxylation sites is 3. The van der Waals surface area contributed by atoms with E-state index in [4.69, 9.17) is 43.0 Å². The molecule has 0 saturated carbocycles. The first-order valence-corrected chi connectivity index (χ1v) is 25.5. The molecule has 3 aromatic carbocycles. The Morgan fingerprint density at radius 1 is 0.730 bits per heavy atom. The SMILES string of the molecule is C.C.C.CC1(C)OCc2cccc(C=O)c2O1.CCN(CC)CC.COC(=O)C(CN=Cc1cccc2c1OC(C)(C)OC2)N=Cc1cccc2c1OC(C)(C)OC2.COC(=O)C([NH3+])C[NH3+].O=[S](O)(=[Mg])OO.[Cl-].[Cl-]. The van der Waals surface area contributed by atoms with E-state index in [-0.39, 0.29) is 65.6 Å². The molecule has 0 radical (unpaired) electrons. The zero-order chi connectivity index (χ0) is 52.0. The molecular formula is C50H83Cl2MgN5O15S. The van der Waals surface area contributed by atoms with Crippen LogP contribution in [0.1, 0.15) is 123 Å². The summed E-state index contributed by atoms with van der Waals surface area (Å²) in [6, 6.07) is 15.9. The van der Waals surface area contributed by atoms with Crippen LogP contribution in [-0.4, -0.2) is 146 Å². The fourth-order valence-corrected chi connectivity index (χ4v) is 6.10. The van der Waals surface area contributed by atoms with E-state index in [9.17, 15) is 18.6 Å². The standard InChI is InChI=1S/C26H30N2O6.C11H12O3.C6H15N.C4H10N2O2.3CH4.2ClH.Mg.H2O4S/c1-25(2)31-15-19-10-6-8-17(22(19)33-25)12-27-14-21(24(29)30-5)28-13-18-9-7-11-20-16-32-26(3,4)34-23(18)20;1-11(2)13-7-9-5-3-4-8(6-12)10(9)14-11;1-4-7(5-2)6-3;1-8-4(7)3(6)2-5;;;;;;;1-4-5(2)3/h6-13,21H,14-16H2,1-5H3;3-6H,7H2,1-2H3;4-6H2,1-3H3;3H,2,5-6H2,1H3;3*1H4;2*1H;;1H,(H,2,3). The van der Waals surface area contributed by atoms with E-state index < -0.39 is 36.7 Å². The van der Waals surface area contributed by atoms with Crippen LogP contribution >= 0.6 is 0 Å². The molecular weight excluding hydrogens is 1040 g/mol. The molecule has 0 saturated heterocycles. The van der Waals surface area contributed by atoms with Crippen LogP contribution in [0.5, 0.6) is 17.2 Å². The van der Waals surface area contributed by atoms with Gasteiger partial charge in [-0.1, -0.05) is 79.4 Å². The summed E-state index contributed by atoms with van der Waals surface area (Å²) < 4.78 is 64.3. The van der Waals surface area contributed by atoms with Gasteiger partial charge in [0, 0.05) is 81.8 Å². The molecule has 24 heteroatoms. The largest absolute Gasteiger partial charge is 1.00 e. The zero-order valence-corrected chi connectivity index (χ0v) is 46.3. The molecule has 20 nitrogen and oxygen atoms in total. The van der Waals surface area contributed by atoms with Crippen LogP contribution in [0.2, 0.25) is 0 Å². The number of ether oxygens (including phenoxy) is 8. The van der Waals surface area contributed by atoms with Gasteiger partial charge in [-0.2, -0.15) is 0 Å². The minimum atomic E-state index is -3.33. The monoisotopic (exact) mass is 1120 g/mol. The molecule has 0 bridgehead atoms. The van der Waals surface area contributed by atoms with Gasteiger partial charge in [0.05, 0.1) is 46.1 Å². The number of hydrogen-bond donors (Lipinski definition) is 4. The summed E-state index contributed by atoms with van der Waals surface area (Å²) in [5, 5.41) is 7.38. The van der Waals surface area contributed by atoms with Crippen LogP contribution in [0, 0.1) is 0 Å². The predicted molar refractivity (Wildman–Crippen MR) is 279 cm³/mol. The Morgan fingerprint density at radius 2 is 1.08 bits per heavy atom. The first-order chi connectivity index (χ1) is 32.4. The third kappa shape index (κ3) is 26.8. The van der Waals surface area contributed by atoms with Crippen molar-refractivity contribution >= 4 is 57.8 Å². The van der Waals surface area contributed by atoms with E-state index in [0.717, 1.165) is 39.9 Å². The number of rotatable bonds is 13. The second-order valence-corrected chi connectivity index (χ2v) is 20.1. The fraction of sp³-hybridized carbons (Fsp3) is 0.540. The van der Waals surface area contributed by atoms with E-state index in [0.29, 0.717) is 63.2 Å². The summed E-state index contributed by atoms with van der Waals surface area (Å²) in [4.78, 5) is 44.9. The van der Waals surface area contributed by atoms with Gasteiger partial charge in [-0.3, -0.25) is 14.8 Å². The van der Waals surface area contributed by atoms with Gasteiger partial charge in [0.15, 0.2) is 12.3 Å². The van der Waals surface area contributed by atoms with E-state index >= 15 is 0 Å². The van der Waals surface area contributed by atoms with Crippen LogP contribution in [-0.2, 0) is 64.7 Å². The van der Waals surface area contributed by atoms with Gasteiger partial charge in [-0.25, -0.2) is 9.59 Å². The van der Waals surface area contributed by atoms with Crippen molar-refractivity contribution in [1.82, 2.24) is 4.90 Å². The quantitative estimate of drug-likeness (QED) is 0.0428. The van der Waals surface area contributed by atoms with Gasteiger partial charge >= 0.3 is 57.4 Å². The van der Waals surface area contributed by atoms with Crippen LogP contribution in [0.25, 0.3) is 0 Å². The number of methoxy groups -OCH3 is 2. The van der Waals surface area contributed by atoms with Crippen molar-refractivity contribution < 1.29 is 107 Å². The van der Waals surface area contributed by atoms with Crippen molar-refractivity contribution in [1.29, 1.82) is 0 Å². The van der Waals surface area contributed by atoms with E-state index in [1.807, 2.05) is 90.1 Å². The summed E-state index contributed by atoms with van der Waals surface area (Å²) >= 11 is 0.671. The number of carbonyl (C=O) groups is 3. The maximum Gasteiger partial charge on any atom is -1.00 e. The number of nitrogens with zero attached hydrogens (tertiary/aromatic N) is 3. The zero-order valence-electron chi connectivity index (χ0n) is 42.6. The first-order valence-electron chi connectivity index (χ1n) is 22.2. The Hall–Kier alpha value is -3.85. The van der Waals surface area contributed by atoms with Gasteiger partial charge in [-0.05, 0) is 37.8 Å². The Kier molecular flexibility index (Phi) is 38.3. The molecule has 6 rings (SSSR count). The number of carbonyl (C=O) groups excluding carboxylic acids is 3.